The Morgan fingerprint density at radius 1 is 0.976 bits per heavy atom. The highest BCUT2D eigenvalue weighted by Crippen LogP contribution is 2.40. The second-order valence-electron chi connectivity index (χ2n) is 9.90. The number of benzene rings is 3. The van der Waals surface area contributed by atoms with Crippen LogP contribution in [0, 0.1) is 13.8 Å². The number of aromatic nitrogens is 3. The molecule has 9 heteroatoms. The van der Waals surface area contributed by atoms with Crippen LogP contribution in [0.15, 0.2) is 83.2 Å². The third-order valence-electron chi connectivity index (χ3n) is 6.73. The van der Waals surface area contributed by atoms with Gasteiger partial charge in [-0.1, -0.05) is 66.7 Å². The molecular formula is C32H35N5O3S. The topological polar surface area (TPSA) is 90.3 Å². The summed E-state index contributed by atoms with van der Waals surface area (Å²) in [5, 5.41) is 11.8. The summed E-state index contributed by atoms with van der Waals surface area (Å²) in [6.07, 6.45) is 0. The quantitative estimate of drug-likeness (QED) is 0.201. The van der Waals surface area contributed by atoms with Gasteiger partial charge in [-0.05, 0) is 74.4 Å². The van der Waals surface area contributed by atoms with E-state index in [1.807, 2.05) is 63.2 Å². The number of thioether (sulfide) groups is 1. The van der Waals surface area contributed by atoms with Crippen LogP contribution in [0.3, 0.4) is 0 Å². The summed E-state index contributed by atoms with van der Waals surface area (Å²) < 4.78 is 14.0. The lowest BCUT2D eigenvalue weighted by molar-refractivity contribution is -0.113. The van der Waals surface area contributed by atoms with Crippen molar-refractivity contribution in [3.05, 3.63) is 100 Å². The number of carbonyl (C=O) groups is 1. The van der Waals surface area contributed by atoms with E-state index < -0.39 is 6.04 Å². The van der Waals surface area contributed by atoms with Crippen molar-refractivity contribution in [2.75, 3.05) is 23.0 Å². The van der Waals surface area contributed by atoms with E-state index in [4.69, 9.17) is 14.6 Å². The fourth-order valence-corrected chi connectivity index (χ4v) is 5.33. The van der Waals surface area contributed by atoms with Gasteiger partial charge in [0.25, 0.3) is 5.91 Å². The van der Waals surface area contributed by atoms with E-state index in [0.717, 1.165) is 28.1 Å². The Kier molecular flexibility index (Phi) is 8.64. The van der Waals surface area contributed by atoms with Crippen LogP contribution in [0.2, 0.25) is 0 Å². The molecule has 0 spiro atoms. The monoisotopic (exact) mass is 569 g/mol. The van der Waals surface area contributed by atoms with Gasteiger partial charge in [-0.2, -0.15) is 4.98 Å². The van der Waals surface area contributed by atoms with Crippen LogP contribution in [0.25, 0.3) is 0 Å². The summed E-state index contributed by atoms with van der Waals surface area (Å²) >= 11 is 1.55. The number of nitrogens with one attached hydrogen (secondary N) is 2. The van der Waals surface area contributed by atoms with Crippen molar-refractivity contribution < 1.29 is 14.3 Å². The van der Waals surface area contributed by atoms with Crippen LogP contribution in [0.1, 0.15) is 49.1 Å². The summed E-state index contributed by atoms with van der Waals surface area (Å²) in [5.74, 6) is 2.46. The number of anilines is 2. The van der Waals surface area contributed by atoms with Crippen LogP contribution < -0.4 is 20.1 Å². The molecule has 0 fully saturated rings. The molecular weight excluding hydrogens is 534 g/mol. The molecule has 0 saturated carbocycles. The molecule has 0 bridgehead atoms. The van der Waals surface area contributed by atoms with Crippen LogP contribution in [0.5, 0.6) is 11.5 Å². The second kappa shape index (κ2) is 12.5. The summed E-state index contributed by atoms with van der Waals surface area (Å²) in [4.78, 5) is 18.5. The van der Waals surface area contributed by atoms with Gasteiger partial charge < -0.3 is 20.1 Å². The molecule has 2 heterocycles. The van der Waals surface area contributed by atoms with Crippen molar-refractivity contribution in [3.63, 3.8) is 0 Å². The Bertz CT molecular complexity index is 1580. The standard InChI is InChI=1S/C32H35N5O3S/c1-6-39-27-18-24(15-16-26(27)40-19-23-13-11-20(3)12-14-23)29-28(30(38)34-25-10-8-9-21(4)17-25)22(5)33-31-35-32(41-7-2)36-37(29)31/h8-18,29H,6-7,19H2,1-5H3,(H,34,38)(H,33,35,36). The number of ether oxygens (including phenoxy) is 2. The van der Waals surface area contributed by atoms with Crippen molar-refractivity contribution in [3.8, 4) is 11.5 Å². The van der Waals surface area contributed by atoms with Crippen molar-refractivity contribution in [2.45, 2.75) is 52.4 Å². The third kappa shape index (κ3) is 6.41. The SMILES string of the molecule is CCOc1cc(C2C(C(=O)Nc3cccc(C)c3)=C(C)Nc3nc(SCC)nn32)ccc1OCc1ccc(C)cc1. The molecule has 2 N–H and O–H groups in total. The minimum absolute atomic E-state index is 0.214. The fourth-order valence-electron chi connectivity index (χ4n) is 4.77. The number of fused-ring (bicyclic) bond motifs is 1. The molecule has 1 aliphatic heterocycles. The molecule has 212 valence electrons. The van der Waals surface area contributed by atoms with Crippen molar-refractivity contribution in [1.82, 2.24) is 14.8 Å². The molecule has 0 radical (unpaired) electrons. The normalized spacial score (nSPS) is 14.3. The molecule has 0 saturated heterocycles. The van der Waals surface area contributed by atoms with E-state index in [-0.39, 0.29) is 5.91 Å². The number of carbonyl (C=O) groups excluding carboxylic acids is 1. The first-order valence-electron chi connectivity index (χ1n) is 13.8. The Balaban J connectivity index is 1.52. The molecule has 8 nitrogen and oxygen atoms in total. The first-order chi connectivity index (χ1) is 19.9. The van der Waals surface area contributed by atoms with Gasteiger partial charge in [-0.15, -0.1) is 5.10 Å². The van der Waals surface area contributed by atoms with Crippen LogP contribution >= 0.6 is 11.8 Å². The summed E-state index contributed by atoms with van der Waals surface area (Å²) in [6, 6.07) is 21.3. The molecule has 1 atom stereocenters. The number of nitrogens with zero attached hydrogens (tertiary/aromatic N) is 3. The van der Waals surface area contributed by atoms with Gasteiger partial charge >= 0.3 is 0 Å². The molecule has 1 aromatic heterocycles. The van der Waals surface area contributed by atoms with Gasteiger partial charge in [0.1, 0.15) is 12.6 Å². The largest absolute Gasteiger partial charge is 0.490 e. The molecule has 1 unspecified atom stereocenters. The first kappa shape index (κ1) is 28.3. The maximum Gasteiger partial charge on any atom is 0.255 e. The highest BCUT2D eigenvalue weighted by Gasteiger charge is 2.35. The molecule has 0 aliphatic carbocycles. The van der Waals surface area contributed by atoms with Crippen molar-refractivity contribution in [1.29, 1.82) is 0 Å². The van der Waals surface area contributed by atoms with Crippen LogP contribution in [-0.2, 0) is 11.4 Å². The highest BCUT2D eigenvalue weighted by molar-refractivity contribution is 7.99. The van der Waals surface area contributed by atoms with Crippen molar-refractivity contribution in [2.24, 2.45) is 0 Å². The zero-order chi connectivity index (χ0) is 28.9. The lowest BCUT2D eigenvalue weighted by Crippen LogP contribution is -2.31. The van der Waals surface area contributed by atoms with E-state index in [1.165, 1.54) is 5.56 Å². The number of hydrogen-bond acceptors (Lipinski definition) is 7. The second-order valence-corrected chi connectivity index (χ2v) is 11.1. The molecule has 4 aromatic rings. The van der Waals surface area contributed by atoms with Crippen LogP contribution in [-0.4, -0.2) is 33.0 Å². The minimum atomic E-state index is -0.528. The van der Waals surface area contributed by atoms with Crippen molar-refractivity contribution >= 4 is 29.3 Å². The molecule has 1 aliphatic rings. The lowest BCUT2D eigenvalue weighted by atomic mass is 9.94. The maximum atomic E-state index is 13.8. The number of rotatable bonds is 10. The van der Waals surface area contributed by atoms with Gasteiger partial charge in [0.2, 0.25) is 11.1 Å². The van der Waals surface area contributed by atoms with E-state index >= 15 is 0 Å². The lowest BCUT2D eigenvalue weighted by Gasteiger charge is -2.29. The van der Waals surface area contributed by atoms with E-state index in [9.17, 15) is 4.79 Å². The number of amides is 1. The van der Waals surface area contributed by atoms with Gasteiger partial charge in [-0.3, -0.25) is 4.79 Å². The molecule has 41 heavy (non-hydrogen) atoms. The summed E-state index contributed by atoms with van der Waals surface area (Å²) in [7, 11) is 0. The Morgan fingerprint density at radius 2 is 1.78 bits per heavy atom. The smallest absolute Gasteiger partial charge is 0.255 e. The first-order valence-corrected chi connectivity index (χ1v) is 14.7. The van der Waals surface area contributed by atoms with Gasteiger partial charge in [0.05, 0.1) is 12.2 Å². The number of hydrogen-bond donors (Lipinski definition) is 2. The number of aryl methyl sites for hydroxylation is 2. The Morgan fingerprint density at radius 3 is 2.51 bits per heavy atom. The van der Waals surface area contributed by atoms with Gasteiger partial charge in [0.15, 0.2) is 11.5 Å². The maximum absolute atomic E-state index is 13.8. The average molecular weight is 570 g/mol. The molecule has 3 aromatic carbocycles. The van der Waals surface area contributed by atoms with E-state index in [0.29, 0.717) is 47.1 Å². The summed E-state index contributed by atoms with van der Waals surface area (Å²) in [6.45, 7) is 10.8. The molecule has 5 rings (SSSR count). The highest BCUT2D eigenvalue weighted by atomic mass is 32.2. The van der Waals surface area contributed by atoms with E-state index in [1.54, 1.807) is 16.4 Å². The Hall–Kier alpha value is -4.24. The van der Waals surface area contributed by atoms with Crippen LogP contribution in [0.4, 0.5) is 11.6 Å². The predicted octanol–water partition coefficient (Wildman–Crippen LogP) is 6.91. The summed E-state index contributed by atoms with van der Waals surface area (Å²) in [5.41, 5.74) is 6.17. The average Bonchev–Trinajstić information content (AvgIpc) is 3.34. The third-order valence-corrected chi connectivity index (χ3v) is 7.45. The minimum Gasteiger partial charge on any atom is -0.490 e. The fraction of sp³-hybridized carbons (Fsp3) is 0.281. The number of allylic oxidation sites excluding steroid dienone is 1. The van der Waals surface area contributed by atoms with Gasteiger partial charge in [0, 0.05) is 11.4 Å². The Labute approximate surface area is 245 Å². The predicted molar refractivity (Wildman–Crippen MR) is 164 cm³/mol. The zero-order valence-electron chi connectivity index (χ0n) is 24.0. The van der Waals surface area contributed by atoms with E-state index in [2.05, 4.69) is 53.7 Å². The molecule has 1 amide bonds. The zero-order valence-corrected chi connectivity index (χ0v) is 24.8. The van der Waals surface area contributed by atoms with Gasteiger partial charge in [-0.25, -0.2) is 4.68 Å².